The standard InChI is InChI=1S/C25H32N2O7.C17H22N2O4/c1-17(28)26-15-9-13-22(26)34-23(29)14-6-4-5-11-19(24(30)32-2)20-16-27(25(31)33-3)21-12-8-7-10-18(20)21;1-22-16(20)13(8-5-6-10-18)14-11-19(17(21)23-2)15-9-4-3-7-12(14)15/h7-8,10,12,16,19,22H,4-6,9,11,13-15H2,1-3H3;3-4,7,9,11,13H,5-6,8,10,18H2,1-2H3. The van der Waals surface area contributed by atoms with Gasteiger partial charge in [0.15, 0.2) is 6.23 Å². The van der Waals surface area contributed by atoms with E-state index in [2.05, 4.69) is 0 Å². The summed E-state index contributed by atoms with van der Waals surface area (Å²) < 4.78 is 28.0. The molecule has 4 aromatic rings. The van der Waals surface area contributed by atoms with Crippen LogP contribution in [0.1, 0.15) is 94.1 Å². The fourth-order valence-corrected chi connectivity index (χ4v) is 7.27. The van der Waals surface area contributed by atoms with Gasteiger partial charge in [-0.3, -0.25) is 28.3 Å². The fourth-order valence-electron chi connectivity index (χ4n) is 7.27. The number of likely N-dealkylation sites (tertiary alicyclic amines) is 1. The van der Waals surface area contributed by atoms with Crippen molar-refractivity contribution in [2.75, 3.05) is 41.5 Å². The Labute approximate surface area is 332 Å². The quantitative estimate of drug-likeness (QED) is 0.0772. The number of esters is 3. The third-order valence-corrected chi connectivity index (χ3v) is 10.1. The van der Waals surface area contributed by atoms with Crippen LogP contribution < -0.4 is 5.73 Å². The Balaban J connectivity index is 0.000000273. The number of benzene rings is 2. The third-order valence-electron chi connectivity index (χ3n) is 10.1. The van der Waals surface area contributed by atoms with Crippen LogP contribution in [-0.2, 0) is 42.9 Å². The summed E-state index contributed by atoms with van der Waals surface area (Å²) in [5, 5.41) is 1.64. The van der Waals surface area contributed by atoms with E-state index in [1.165, 1.54) is 44.5 Å². The van der Waals surface area contributed by atoms with Crippen molar-refractivity contribution in [3.05, 3.63) is 72.1 Å². The molecule has 57 heavy (non-hydrogen) atoms. The van der Waals surface area contributed by atoms with Crippen LogP contribution in [0.2, 0.25) is 0 Å². The number of nitrogens with two attached hydrogens (primary N) is 1. The summed E-state index contributed by atoms with van der Waals surface area (Å²) in [6.07, 6.45) is 8.40. The molecular weight excluding hydrogens is 736 g/mol. The molecule has 0 bridgehead atoms. The van der Waals surface area contributed by atoms with E-state index in [9.17, 15) is 28.8 Å². The minimum Gasteiger partial charge on any atom is -0.469 e. The van der Waals surface area contributed by atoms with Crippen LogP contribution >= 0.6 is 0 Å². The molecule has 1 aliphatic rings. The molecule has 2 N–H and O–H groups in total. The molecule has 308 valence electrons. The van der Waals surface area contributed by atoms with Crippen molar-refractivity contribution in [3.63, 3.8) is 0 Å². The molecule has 0 aliphatic carbocycles. The van der Waals surface area contributed by atoms with Gasteiger partial charge < -0.3 is 34.3 Å². The molecule has 1 fully saturated rings. The lowest BCUT2D eigenvalue weighted by atomic mass is 9.92. The van der Waals surface area contributed by atoms with Gasteiger partial charge in [-0.1, -0.05) is 55.7 Å². The molecule has 1 saturated heterocycles. The molecule has 0 saturated carbocycles. The predicted molar refractivity (Wildman–Crippen MR) is 211 cm³/mol. The van der Waals surface area contributed by atoms with Gasteiger partial charge in [0, 0.05) is 49.5 Å². The summed E-state index contributed by atoms with van der Waals surface area (Å²) in [5.41, 5.74) is 8.38. The minimum absolute atomic E-state index is 0.0855. The topological polar surface area (TPSA) is 188 Å². The molecule has 15 nitrogen and oxygen atoms in total. The number of hydrogen-bond acceptors (Lipinski definition) is 12. The van der Waals surface area contributed by atoms with E-state index in [-0.39, 0.29) is 30.2 Å². The lowest BCUT2D eigenvalue weighted by Crippen LogP contribution is -2.36. The van der Waals surface area contributed by atoms with Gasteiger partial charge in [-0.25, -0.2) is 9.59 Å². The highest BCUT2D eigenvalue weighted by molar-refractivity contribution is 5.96. The second kappa shape index (κ2) is 21.6. The Hall–Kier alpha value is -5.70. The first kappa shape index (κ1) is 44.0. The normalized spacial score (nSPS) is 14.6. The summed E-state index contributed by atoms with van der Waals surface area (Å²) in [4.78, 5) is 74.4. The van der Waals surface area contributed by atoms with E-state index in [1.807, 2.05) is 42.5 Å². The molecule has 1 aliphatic heterocycles. The van der Waals surface area contributed by atoms with Gasteiger partial charge in [0.1, 0.15) is 0 Å². The van der Waals surface area contributed by atoms with Gasteiger partial charge in [-0.15, -0.1) is 0 Å². The molecule has 3 unspecified atom stereocenters. The SMILES string of the molecule is COC(=O)C(CCCCCC(=O)OC1CCCN1C(C)=O)c1cn(C(=O)OC)c2ccccc12.COC(=O)C(CCCCN)c1cn(C(=O)OC)c2ccccc12. The molecule has 15 heteroatoms. The molecule has 3 atom stereocenters. The zero-order valence-corrected chi connectivity index (χ0v) is 33.4. The van der Waals surface area contributed by atoms with E-state index in [0.29, 0.717) is 61.8 Å². The van der Waals surface area contributed by atoms with Crippen LogP contribution in [0.5, 0.6) is 0 Å². The van der Waals surface area contributed by atoms with Crippen LogP contribution in [0.25, 0.3) is 21.8 Å². The third kappa shape index (κ3) is 11.0. The monoisotopic (exact) mass is 790 g/mol. The second-order valence-corrected chi connectivity index (χ2v) is 13.7. The fraction of sp³-hybridized carbons (Fsp3) is 0.476. The van der Waals surface area contributed by atoms with Crippen molar-refractivity contribution in [2.45, 2.75) is 89.2 Å². The first-order valence-electron chi connectivity index (χ1n) is 19.2. The molecule has 0 spiro atoms. The smallest absolute Gasteiger partial charge is 0.418 e. The Kier molecular flexibility index (Phi) is 16.7. The molecule has 5 rings (SSSR count). The Morgan fingerprint density at radius 2 is 1.18 bits per heavy atom. The van der Waals surface area contributed by atoms with Crippen molar-refractivity contribution < 1.29 is 52.5 Å². The molecular formula is C42H54N4O11. The summed E-state index contributed by atoms with van der Waals surface area (Å²) in [6.45, 7) is 2.68. The van der Waals surface area contributed by atoms with Gasteiger partial charge in [0.05, 0.1) is 51.3 Å². The largest absolute Gasteiger partial charge is 0.469 e. The zero-order valence-electron chi connectivity index (χ0n) is 33.4. The number of carbonyl (C=O) groups excluding carboxylic acids is 6. The average Bonchev–Trinajstić information content (AvgIpc) is 3.96. The number of ether oxygens (including phenoxy) is 5. The predicted octanol–water partition coefficient (Wildman–Crippen LogP) is 6.62. The van der Waals surface area contributed by atoms with Crippen LogP contribution in [0.15, 0.2) is 60.9 Å². The van der Waals surface area contributed by atoms with Crippen LogP contribution in [0.3, 0.4) is 0 Å². The Bertz CT molecular complexity index is 2020. The molecule has 0 radical (unpaired) electrons. The number of fused-ring (bicyclic) bond motifs is 2. The summed E-state index contributed by atoms with van der Waals surface area (Å²) >= 11 is 0. The van der Waals surface area contributed by atoms with Crippen molar-refractivity contribution in [3.8, 4) is 0 Å². The highest BCUT2D eigenvalue weighted by Crippen LogP contribution is 2.34. The van der Waals surface area contributed by atoms with E-state index >= 15 is 0 Å². The highest BCUT2D eigenvalue weighted by atomic mass is 16.6. The summed E-state index contributed by atoms with van der Waals surface area (Å²) in [7, 11) is 5.36. The van der Waals surface area contributed by atoms with E-state index < -0.39 is 30.3 Å². The lowest BCUT2D eigenvalue weighted by Gasteiger charge is -2.23. The number of aromatic nitrogens is 2. The summed E-state index contributed by atoms with van der Waals surface area (Å²) in [6, 6.07) is 14.8. The van der Waals surface area contributed by atoms with Crippen LogP contribution in [0, 0.1) is 0 Å². The van der Waals surface area contributed by atoms with E-state index in [0.717, 1.165) is 42.0 Å². The first-order chi connectivity index (χ1) is 27.5. The van der Waals surface area contributed by atoms with Gasteiger partial charge in [-0.05, 0) is 61.9 Å². The molecule has 2 aromatic heterocycles. The Morgan fingerprint density at radius 3 is 1.63 bits per heavy atom. The maximum absolute atomic E-state index is 12.6. The molecule has 1 amide bonds. The number of unbranched alkanes of at least 4 members (excludes halogenated alkanes) is 3. The lowest BCUT2D eigenvalue weighted by molar-refractivity contribution is -0.161. The van der Waals surface area contributed by atoms with Gasteiger partial charge >= 0.3 is 30.1 Å². The van der Waals surface area contributed by atoms with E-state index in [1.54, 1.807) is 23.4 Å². The van der Waals surface area contributed by atoms with Crippen molar-refractivity contribution in [2.24, 2.45) is 5.73 Å². The maximum atomic E-state index is 12.6. The van der Waals surface area contributed by atoms with Gasteiger partial charge in [0.25, 0.3) is 0 Å². The number of nitrogens with zero attached hydrogens (tertiary/aromatic N) is 3. The zero-order chi connectivity index (χ0) is 41.5. The van der Waals surface area contributed by atoms with Crippen LogP contribution in [-0.4, -0.2) is 97.8 Å². The highest BCUT2D eigenvalue weighted by Gasteiger charge is 2.30. The van der Waals surface area contributed by atoms with Crippen molar-refractivity contribution in [1.82, 2.24) is 14.0 Å². The minimum atomic E-state index is -0.546. The number of carbonyl (C=O) groups is 6. The average molecular weight is 791 g/mol. The molecule has 2 aromatic carbocycles. The summed E-state index contributed by atoms with van der Waals surface area (Å²) in [5.74, 6) is -2.06. The van der Waals surface area contributed by atoms with Crippen LogP contribution in [0.4, 0.5) is 9.59 Å². The van der Waals surface area contributed by atoms with E-state index in [4.69, 9.17) is 29.4 Å². The second-order valence-electron chi connectivity index (χ2n) is 13.7. The molecule has 3 heterocycles. The van der Waals surface area contributed by atoms with Gasteiger partial charge in [-0.2, -0.15) is 0 Å². The Morgan fingerprint density at radius 1 is 0.684 bits per heavy atom. The maximum Gasteiger partial charge on any atom is 0.418 e. The number of hydrogen-bond donors (Lipinski definition) is 1. The number of rotatable bonds is 15. The number of para-hydroxylation sites is 2. The van der Waals surface area contributed by atoms with Gasteiger partial charge in [0.2, 0.25) is 5.91 Å². The number of methoxy groups -OCH3 is 4. The number of amides is 1. The van der Waals surface area contributed by atoms with Crippen molar-refractivity contribution in [1.29, 1.82) is 0 Å². The van der Waals surface area contributed by atoms with Crippen molar-refractivity contribution >= 4 is 57.8 Å². The first-order valence-corrected chi connectivity index (χ1v) is 19.2.